The molecule has 7 nitrogen and oxygen atoms in total. The van der Waals surface area contributed by atoms with Crippen molar-refractivity contribution < 1.29 is 14.1 Å². The Kier molecular flexibility index (Phi) is 6.74. The lowest BCUT2D eigenvalue weighted by atomic mass is 9.92. The molecule has 0 radical (unpaired) electrons. The minimum Gasteiger partial charge on any atom is -0.338 e. The molecule has 2 amide bonds. The molecule has 0 aliphatic heterocycles. The first-order chi connectivity index (χ1) is 12.7. The van der Waals surface area contributed by atoms with Gasteiger partial charge in [0.05, 0.1) is 18.8 Å². The number of aryl methyl sites for hydroxylation is 1. The van der Waals surface area contributed by atoms with Crippen LogP contribution in [0.4, 0.5) is 11.6 Å². The Hall–Kier alpha value is -2.67. The second-order valence-corrected chi connectivity index (χ2v) is 7.61. The van der Waals surface area contributed by atoms with Crippen molar-refractivity contribution in [3.8, 4) is 0 Å². The predicted molar refractivity (Wildman–Crippen MR) is 106 cm³/mol. The molecule has 2 rings (SSSR count). The van der Waals surface area contributed by atoms with E-state index in [1.165, 1.54) is 0 Å². The summed E-state index contributed by atoms with van der Waals surface area (Å²) in [6, 6.07) is 9.40. The molecule has 27 heavy (non-hydrogen) atoms. The summed E-state index contributed by atoms with van der Waals surface area (Å²) in [4.78, 5) is 26.0. The number of para-hydroxylation sites is 1. The highest BCUT2D eigenvalue weighted by Gasteiger charge is 2.20. The van der Waals surface area contributed by atoms with Crippen molar-refractivity contribution in [1.29, 1.82) is 0 Å². The van der Waals surface area contributed by atoms with Crippen molar-refractivity contribution in [1.82, 2.24) is 10.1 Å². The summed E-state index contributed by atoms with van der Waals surface area (Å²) in [5.41, 5.74) is 2.49. The van der Waals surface area contributed by atoms with E-state index in [2.05, 4.69) is 15.8 Å². The van der Waals surface area contributed by atoms with Crippen LogP contribution < -0.4 is 10.6 Å². The van der Waals surface area contributed by atoms with Gasteiger partial charge in [-0.3, -0.25) is 19.8 Å². The highest BCUT2D eigenvalue weighted by molar-refractivity contribution is 5.94. The van der Waals surface area contributed by atoms with Crippen molar-refractivity contribution >= 4 is 23.4 Å². The molecule has 0 fully saturated rings. The van der Waals surface area contributed by atoms with Crippen LogP contribution in [0.2, 0.25) is 0 Å². The zero-order valence-electron chi connectivity index (χ0n) is 16.6. The van der Waals surface area contributed by atoms with Crippen molar-refractivity contribution in [3.05, 3.63) is 41.6 Å². The molecule has 0 saturated carbocycles. The third-order valence-electron chi connectivity index (χ3n) is 4.04. The molecule has 146 valence electrons. The Morgan fingerprint density at radius 1 is 1.11 bits per heavy atom. The Morgan fingerprint density at radius 3 is 2.33 bits per heavy atom. The van der Waals surface area contributed by atoms with Crippen LogP contribution in [0, 0.1) is 0 Å². The van der Waals surface area contributed by atoms with E-state index in [4.69, 9.17) is 4.52 Å². The molecular weight excluding hydrogens is 344 g/mol. The number of carbonyl (C=O) groups excluding carboxylic acids is 2. The topological polar surface area (TPSA) is 87.5 Å². The van der Waals surface area contributed by atoms with E-state index < -0.39 is 0 Å². The van der Waals surface area contributed by atoms with Gasteiger partial charge in [0.2, 0.25) is 17.7 Å². The van der Waals surface area contributed by atoms with Gasteiger partial charge < -0.3 is 9.84 Å². The monoisotopic (exact) mass is 372 g/mol. The summed E-state index contributed by atoms with van der Waals surface area (Å²) in [7, 11) is 1.71. The molecule has 0 aliphatic rings. The Morgan fingerprint density at radius 2 is 1.74 bits per heavy atom. The molecule has 0 spiro atoms. The highest BCUT2D eigenvalue weighted by atomic mass is 16.5. The largest absolute Gasteiger partial charge is 0.338 e. The van der Waals surface area contributed by atoms with E-state index in [-0.39, 0.29) is 30.3 Å². The van der Waals surface area contributed by atoms with Crippen molar-refractivity contribution in [2.75, 3.05) is 30.8 Å². The number of benzene rings is 1. The Balaban J connectivity index is 1.84. The van der Waals surface area contributed by atoms with Crippen LogP contribution in [0.3, 0.4) is 0 Å². The first kappa shape index (κ1) is 20.6. The van der Waals surface area contributed by atoms with Gasteiger partial charge in [0.15, 0.2) is 0 Å². The number of rotatable bonds is 7. The lowest BCUT2D eigenvalue weighted by molar-refractivity contribution is -0.119. The SMILES string of the molecule is CCc1ccccc1NC(=O)CN(C)CC(=O)Nc1cc(C(C)(C)C)no1. The molecule has 1 aromatic carbocycles. The van der Waals surface area contributed by atoms with E-state index >= 15 is 0 Å². The predicted octanol–water partition coefficient (Wildman–Crippen LogP) is 3.04. The van der Waals surface area contributed by atoms with Gasteiger partial charge in [0.1, 0.15) is 0 Å². The fourth-order valence-corrected chi connectivity index (χ4v) is 2.55. The highest BCUT2D eigenvalue weighted by Crippen LogP contribution is 2.23. The Bertz CT molecular complexity index is 793. The van der Waals surface area contributed by atoms with Crippen LogP contribution in [-0.2, 0) is 21.4 Å². The van der Waals surface area contributed by atoms with Crippen LogP contribution >= 0.6 is 0 Å². The fourth-order valence-electron chi connectivity index (χ4n) is 2.55. The first-order valence-electron chi connectivity index (χ1n) is 9.02. The Labute approximate surface area is 160 Å². The number of anilines is 2. The van der Waals surface area contributed by atoms with E-state index in [1.807, 2.05) is 52.0 Å². The molecule has 2 aromatic rings. The zero-order chi connectivity index (χ0) is 20.0. The average Bonchev–Trinajstić information content (AvgIpc) is 3.03. The maximum atomic E-state index is 12.2. The van der Waals surface area contributed by atoms with Crippen molar-refractivity contribution in [2.24, 2.45) is 0 Å². The standard InChI is InChI=1S/C20H28N4O3/c1-6-14-9-7-8-10-15(14)21-17(25)12-24(5)13-18(26)22-19-11-16(23-27-19)20(2,3)4/h7-11H,6,12-13H2,1-5H3,(H,21,25)(H,22,26). The summed E-state index contributed by atoms with van der Waals surface area (Å²) < 4.78 is 5.15. The molecule has 0 unspecified atom stereocenters. The first-order valence-corrected chi connectivity index (χ1v) is 9.02. The molecular formula is C20H28N4O3. The smallest absolute Gasteiger partial charge is 0.240 e. The summed E-state index contributed by atoms with van der Waals surface area (Å²) in [5, 5.41) is 9.52. The second-order valence-electron chi connectivity index (χ2n) is 7.61. The average molecular weight is 372 g/mol. The number of nitrogens with zero attached hydrogens (tertiary/aromatic N) is 2. The van der Waals surface area contributed by atoms with E-state index in [0.717, 1.165) is 23.4 Å². The molecule has 1 heterocycles. The van der Waals surface area contributed by atoms with E-state index in [9.17, 15) is 9.59 Å². The lowest BCUT2D eigenvalue weighted by Gasteiger charge is -2.16. The maximum absolute atomic E-state index is 12.2. The summed E-state index contributed by atoms with van der Waals surface area (Å²) in [5.74, 6) is -0.128. The maximum Gasteiger partial charge on any atom is 0.240 e. The van der Waals surface area contributed by atoms with Gasteiger partial charge in [-0.25, -0.2) is 0 Å². The number of carbonyl (C=O) groups is 2. The van der Waals surface area contributed by atoms with Crippen LogP contribution in [-0.4, -0.2) is 42.0 Å². The van der Waals surface area contributed by atoms with Gasteiger partial charge in [-0.05, 0) is 25.1 Å². The number of hydrogen-bond acceptors (Lipinski definition) is 5. The molecule has 0 atom stereocenters. The van der Waals surface area contributed by atoms with E-state index in [1.54, 1.807) is 18.0 Å². The van der Waals surface area contributed by atoms with Gasteiger partial charge in [-0.2, -0.15) is 0 Å². The van der Waals surface area contributed by atoms with Gasteiger partial charge in [-0.15, -0.1) is 0 Å². The van der Waals surface area contributed by atoms with E-state index in [0.29, 0.717) is 5.88 Å². The summed E-state index contributed by atoms with van der Waals surface area (Å²) >= 11 is 0. The molecule has 1 aromatic heterocycles. The van der Waals surface area contributed by atoms with Crippen molar-refractivity contribution in [3.63, 3.8) is 0 Å². The molecule has 7 heteroatoms. The van der Waals surface area contributed by atoms with Crippen LogP contribution in [0.25, 0.3) is 0 Å². The number of likely N-dealkylation sites (N-methyl/N-ethyl adjacent to an activating group) is 1. The number of hydrogen-bond donors (Lipinski definition) is 2. The third kappa shape index (κ3) is 6.21. The zero-order valence-corrected chi connectivity index (χ0v) is 16.6. The fraction of sp³-hybridized carbons (Fsp3) is 0.450. The number of amides is 2. The summed E-state index contributed by atoms with van der Waals surface area (Å²) in [6.45, 7) is 8.25. The van der Waals surface area contributed by atoms with Crippen LogP contribution in [0.15, 0.2) is 34.9 Å². The molecule has 2 N–H and O–H groups in total. The normalized spacial score (nSPS) is 11.5. The van der Waals surface area contributed by atoms with Gasteiger partial charge in [0.25, 0.3) is 0 Å². The van der Waals surface area contributed by atoms with Crippen molar-refractivity contribution in [2.45, 2.75) is 39.5 Å². The molecule has 0 saturated heterocycles. The van der Waals surface area contributed by atoms with Gasteiger partial charge >= 0.3 is 0 Å². The van der Waals surface area contributed by atoms with Gasteiger partial charge in [0, 0.05) is 17.2 Å². The lowest BCUT2D eigenvalue weighted by Crippen LogP contribution is -2.36. The summed E-state index contributed by atoms with van der Waals surface area (Å²) in [6.07, 6.45) is 0.836. The second kappa shape index (κ2) is 8.81. The minimum atomic E-state index is -0.268. The minimum absolute atomic E-state index is 0.0639. The quantitative estimate of drug-likeness (QED) is 0.780. The number of nitrogens with one attached hydrogen (secondary N) is 2. The van der Waals surface area contributed by atoms with Crippen LogP contribution in [0.1, 0.15) is 39.0 Å². The van der Waals surface area contributed by atoms with Gasteiger partial charge in [-0.1, -0.05) is 51.1 Å². The van der Waals surface area contributed by atoms with Crippen LogP contribution in [0.5, 0.6) is 0 Å². The number of aromatic nitrogens is 1. The third-order valence-corrected chi connectivity index (χ3v) is 4.04. The molecule has 0 aliphatic carbocycles. The molecule has 0 bridgehead atoms.